The monoisotopic (exact) mass is 705 g/mol. The molecular formula is C36H76N6O7. The number of carbonyl (C=O) groups is 4. The van der Waals surface area contributed by atoms with E-state index in [0.29, 0.717) is 39.1 Å². The number of nitrogens with zero attached hydrogens (tertiary/aromatic N) is 2. The van der Waals surface area contributed by atoms with Crippen LogP contribution in [0.1, 0.15) is 96.4 Å². The van der Waals surface area contributed by atoms with Crippen LogP contribution in [0.3, 0.4) is 0 Å². The lowest BCUT2D eigenvalue weighted by Gasteiger charge is -2.27. The van der Waals surface area contributed by atoms with Crippen molar-refractivity contribution in [2.45, 2.75) is 96.4 Å². The van der Waals surface area contributed by atoms with Gasteiger partial charge in [-0.1, -0.05) is 83.1 Å². The average molecular weight is 705 g/mol. The summed E-state index contributed by atoms with van der Waals surface area (Å²) in [6, 6.07) is 0. The van der Waals surface area contributed by atoms with Crippen LogP contribution in [0.15, 0.2) is 0 Å². The Kier molecular flexibility index (Phi) is 27.8. The summed E-state index contributed by atoms with van der Waals surface area (Å²) < 4.78 is 0. The molecular weight excluding hydrogens is 628 g/mol. The summed E-state index contributed by atoms with van der Waals surface area (Å²) in [5.41, 5.74) is -0.830. The first-order chi connectivity index (χ1) is 22.3. The Balaban J connectivity index is -0.000000597. The number of Topliss-reactive ketones (excluding diaryl/α,β-unsaturated/α-hetero) is 1. The molecule has 1 aliphatic rings. The number of ketones is 1. The number of hydrogen-bond acceptors (Lipinski definition) is 10. The topological polar surface area (TPSA) is 184 Å². The molecule has 1 fully saturated rings. The van der Waals surface area contributed by atoms with Crippen LogP contribution in [-0.4, -0.2) is 140 Å². The summed E-state index contributed by atoms with van der Waals surface area (Å²) in [4.78, 5) is 48.8. The molecule has 1 aliphatic heterocycles. The smallest absolute Gasteiger partial charge is 0.225 e. The molecule has 13 heteroatoms. The summed E-state index contributed by atoms with van der Waals surface area (Å²) in [7, 11) is 0. The Morgan fingerprint density at radius 1 is 0.612 bits per heavy atom. The van der Waals surface area contributed by atoms with Gasteiger partial charge in [0.1, 0.15) is 5.78 Å². The fraction of sp³-hybridized carbons (Fsp3) is 0.889. The van der Waals surface area contributed by atoms with Gasteiger partial charge in [0.05, 0.1) is 19.8 Å². The molecule has 1 rings (SSSR count). The molecule has 0 aromatic rings. The standard InChI is InChI=1S/C11H23N3O.C11H24N2O3.C7H15NO2.C7H14O/c1-11(2,3)10(15)13-6-9-14-7-4-12-5-8-14;1-11(2,3)10(16)12-4-5-13(6-8-14)7-9-15;1-7(2,3)6(10)8-4-5-9;1-6(8)5-7(2,3)4/h12H,4-9H2,1-3H3,(H,13,15);14-15H,4-9H2,1-3H3,(H,12,16);9H,4-5H2,1-3H3,(H,8,10);5H2,1-4H3. The fourth-order valence-corrected chi connectivity index (χ4v) is 3.92. The van der Waals surface area contributed by atoms with Crippen LogP contribution in [0.25, 0.3) is 0 Å². The van der Waals surface area contributed by atoms with Crippen LogP contribution in [0.5, 0.6) is 0 Å². The summed E-state index contributed by atoms with van der Waals surface area (Å²) in [5, 5.41) is 37.6. The van der Waals surface area contributed by atoms with Gasteiger partial charge in [0.2, 0.25) is 17.7 Å². The van der Waals surface area contributed by atoms with Crippen molar-refractivity contribution in [3.05, 3.63) is 0 Å². The molecule has 13 nitrogen and oxygen atoms in total. The lowest BCUT2D eigenvalue weighted by Crippen LogP contribution is -2.47. The lowest BCUT2D eigenvalue weighted by atomic mass is 9.91. The Labute approximate surface area is 298 Å². The molecule has 0 unspecified atom stereocenters. The second-order valence-corrected chi connectivity index (χ2v) is 16.6. The van der Waals surface area contributed by atoms with Crippen molar-refractivity contribution in [2.75, 3.05) is 91.8 Å². The van der Waals surface area contributed by atoms with Gasteiger partial charge in [0.15, 0.2) is 0 Å². The zero-order valence-electron chi connectivity index (χ0n) is 33.5. The molecule has 49 heavy (non-hydrogen) atoms. The second kappa shape index (κ2) is 26.6. The highest BCUT2D eigenvalue weighted by Crippen LogP contribution is 2.18. The number of aliphatic hydroxyl groups excluding tert-OH is 3. The van der Waals surface area contributed by atoms with Gasteiger partial charge in [-0.25, -0.2) is 0 Å². The van der Waals surface area contributed by atoms with E-state index in [2.05, 4.69) is 46.9 Å². The van der Waals surface area contributed by atoms with Gasteiger partial charge < -0.3 is 41.4 Å². The largest absolute Gasteiger partial charge is 0.395 e. The molecule has 0 spiro atoms. The average Bonchev–Trinajstić information content (AvgIpc) is 2.95. The number of aliphatic hydroxyl groups is 3. The normalized spacial score (nSPS) is 13.8. The third kappa shape index (κ3) is 34.1. The van der Waals surface area contributed by atoms with E-state index >= 15 is 0 Å². The van der Waals surface area contributed by atoms with Crippen molar-refractivity contribution in [3.63, 3.8) is 0 Å². The lowest BCUT2D eigenvalue weighted by molar-refractivity contribution is -0.129. The van der Waals surface area contributed by atoms with Crippen molar-refractivity contribution in [1.29, 1.82) is 0 Å². The minimum Gasteiger partial charge on any atom is -0.395 e. The van der Waals surface area contributed by atoms with E-state index in [9.17, 15) is 19.2 Å². The van der Waals surface area contributed by atoms with Crippen molar-refractivity contribution < 1.29 is 34.5 Å². The highest BCUT2D eigenvalue weighted by Gasteiger charge is 2.22. The zero-order valence-corrected chi connectivity index (χ0v) is 33.5. The molecule has 1 heterocycles. The highest BCUT2D eigenvalue weighted by atomic mass is 16.3. The Hall–Kier alpha value is -2.16. The van der Waals surface area contributed by atoms with E-state index in [1.807, 2.05) is 67.2 Å². The first kappa shape index (κ1) is 51.2. The van der Waals surface area contributed by atoms with E-state index in [0.717, 1.165) is 39.3 Å². The Morgan fingerprint density at radius 3 is 1.31 bits per heavy atom. The maximum absolute atomic E-state index is 11.6. The predicted octanol–water partition coefficient (Wildman–Crippen LogP) is 1.64. The summed E-state index contributed by atoms with van der Waals surface area (Å²) in [6.45, 7) is 33.4. The van der Waals surface area contributed by atoms with Crippen LogP contribution in [-0.2, 0) is 19.2 Å². The van der Waals surface area contributed by atoms with E-state index < -0.39 is 0 Å². The first-order valence-corrected chi connectivity index (χ1v) is 17.6. The van der Waals surface area contributed by atoms with Crippen LogP contribution < -0.4 is 21.3 Å². The molecule has 0 saturated carbocycles. The second-order valence-electron chi connectivity index (χ2n) is 16.6. The summed E-state index contributed by atoms with van der Waals surface area (Å²) >= 11 is 0. The SMILES string of the molecule is CC(=O)CC(C)(C)C.CC(C)(C)C(=O)NCCN(CCO)CCO.CC(C)(C)C(=O)NCCN1CCNCC1.CC(C)(C)C(=O)NCCO. The minimum absolute atomic E-state index is 0.00181. The number of piperazine rings is 1. The zero-order chi connectivity index (χ0) is 38.9. The summed E-state index contributed by atoms with van der Waals surface area (Å²) in [6.07, 6.45) is 0.687. The van der Waals surface area contributed by atoms with Gasteiger partial charge in [0, 0.05) is 94.7 Å². The van der Waals surface area contributed by atoms with Crippen molar-refractivity contribution in [1.82, 2.24) is 31.1 Å². The molecule has 0 aromatic heterocycles. The molecule has 1 saturated heterocycles. The predicted molar refractivity (Wildman–Crippen MR) is 199 cm³/mol. The first-order valence-electron chi connectivity index (χ1n) is 17.6. The van der Waals surface area contributed by atoms with Crippen molar-refractivity contribution in [2.24, 2.45) is 21.7 Å². The van der Waals surface area contributed by atoms with Gasteiger partial charge >= 0.3 is 0 Å². The van der Waals surface area contributed by atoms with Gasteiger partial charge in [-0.05, 0) is 12.3 Å². The van der Waals surface area contributed by atoms with Gasteiger partial charge in [-0.3, -0.25) is 24.2 Å². The van der Waals surface area contributed by atoms with E-state index in [-0.39, 0.29) is 65.0 Å². The number of rotatable bonds is 13. The molecule has 7 N–H and O–H groups in total. The third-order valence-corrected chi connectivity index (χ3v) is 6.69. The number of hydrogen-bond donors (Lipinski definition) is 7. The Bertz CT molecular complexity index is 892. The van der Waals surface area contributed by atoms with E-state index in [1.54, 1.807) is 6.92 Å². The molecule has 0 aromatic carbocycles. The quantitative estimate of drug-likeness (QED) is 0.149. The molecule has 0 atom stereocenters. The maximum atomic E-state index is 11.6. The van der Waals surface area contributed by atoms with E-state index in [1.165, 1.54) is 0 Å². The molecule has 0 aliphatic carbocycles. The van der Waals surface area contributed by atoms with E-state index in [4.69, 9.17) is 15.3 Å². The molecule has 0 bridgehead atoms. The molecule has 292 valence electrons. The maximum Gasteiger partial charge on any atom is 0.225 e. The molecule has 0 radical (unpaired) electrons. The van der Waals surface area contributed by atoms with Crippen LogP contribution >= 0.6 is 0 Å². The number of amides is 3. The van der Waals surface area contributed by atoms with Gasteiger partial charge in [-0.15, -0.1) is 0 Å². The highest BCUT2D eigenvalue weighted by molar-refractivity contribution is 5.82. The number of nitrogens with one attached hydrogen (secondary N) is 4. The van der Waals surface area contributed by atoms with Crippen LogP contribution in [0.4, 0.5) is 0 Å². The van der Waals surface area contributed by atoms with Crippen LogP contribution in [0.2, 0.25) is 0 Å². The van der Waals surface area contributed by atoms with Crippen molar-refractivity contribution in [3.8, 4) is 0 Å². The summed E-state index contributed by atoms with van der Waals surface area (Å²) in [5.74, 6) is 0.400. The number of carbonyl (C=O) groups excluding carboxylic acids is 4. The van der Waals surface area contributed by atoms with Gasteiger partial charge in [-0.2, -0.15) is 0 Å². The minimum atomic E-state index is -0.376. The van der Waals surface area contributed by atoms with Crippen LogP contribution in [0, 0.1) is 21.7 Å². The Morgan fingerprint density at radius 2 is 1.00 bits per heavy atom. The van der Waals surface area contributed by atoms with Gasteiger partial charge in [0.25, 0.3) is 0 Å². The van der Waals surface area contributed by atoms with Crippen molar-refractivity contribution >= 4 is 23.5 Å². The molecule has 3 amide bonds. The third-order valence-electron chi connectivity index (χ3n) is 6.69. The fourth-order valence-electron chi connectivity index (χ4n) is 3.92.